The molecule has 2 aromatic carbocycles. The summed E-state index contributed by atoms with van der Waals surface area (Å²) in [5.41, 5.74) is 9.24. The lowest BCUT2D eigenvalue weighted by atomic mass is 9.99. The zero-order chi connectivity index (χ0) is 26.2. The predicted octanol–water partition coefficient (Wildman–Crippen LogP) is 4.68. The number of nitrogens with one attached hydrogen (secondary N) is 1. The van der Waals surface area contributed by atoms with Crippen LogP contribution in [-0.2, 0) is 0 Å². The summed E-state index contributed by atoms with van der Waals surface area (Å²) in [7, 11) is 0. The minimum atomic E-state index is -0.457. The fourth-order valence-corrected chi connectivity index (χ4v) is 4.64. The number of nitrogen functional groups attached to an aromatic ring is 1. The third-order valence-electron chi connectivity index (χ3n) is 6.31. The Kier molecular flexibility index (Phi) is 5.68. The molecular formula is C28H21FN8O. The number of aromatic nitrogens is 6. The number of nitrogens with two attached hydrogens (primary N) is 1. The van der Waals surface area contributed by atoms with Gasteiger partial charge in [0.15, 0.2) is 5.82 Å². The number of fused-ring (bicyclic) bond motifs is 2. The van der Waals surface area contributed by atoms with Crippen LogP contribution in [0.5, 0.6) is 0 Å². The van der Waals surface area contributed by atoms with Crippen molar-refractivity contribution in [2.75, 3.05) is 11.1 Å². The van der Waals surface area contributed by atoms with E-state index in [4.69, 9.17) is 5.73 Å². The van der Waals surface area contributed by atoms with Crippen molar-refractivity contribution in [2.45, 2.75) is 13.0 Å². The van der Waals surface area contributed by atoms with Crippen molar-refractivity contribution in [3.05, 3.63) is 107 Å². The normalized spacial score (nSPS) is 12.1. The maximum Gasteiger partial charge on any atom is 0.263 e. The molecule has 0 radical (unpaired) electrons. The van der Waals surface area contributed by atoms with Gasteiger partial charge in [0.1, 0.15) is 11.3 Å². The zero-order valence-electron chi connectivity index (χ0n) is 20.2. The molecule has 0 spiro atoms. The van der Waals surface area contributed by atoms with Crippen LogP contribution in [0.1, 0.15) is 18.7 Å². The first-order chi connectivity index (χ1) is 18.5. The Hall–Kier alpha value is -5.25. The number of anilines is 2. The Bertz CT molecular complexity index is 1870. The molecule has 0 saturated heterocycles. The van der Waals surface area contributed by atoms with E-state index in [9.17, 15) is 9.18 Å². The summed E-state index contributed by atoms with van der Waals surface area (Å²) in [6.07, 6.45) is 4.83. The summed E-state index contributed by atoms with van der Waals surface area (Å²) in [4.78, 5) is 27.2. The summed E-state index contributed by atoms with van der Waals surface area (Å²) < 4.78 is 15.9. The molecule has 6 aromatic rings. The Morgan fingerprint density at radius 3 is 2.66 bits per heavy atom. The molecule has 9 nitrogen and oxygen atoms in total. The Balaban J connectivity index is 1.59. The molecule has 0 aliphatic rings. The van der Waals surface area contributed by atoms with Crippen LogP contribution in [0.4, 0.5) is 16.2 Å². The van der Waals surface area contributed by atoms with Gasteiger partial charge in [-0.05, 0) is 60.3 Å². The molecule has 0 fully saturated rings. The first-order valence-electron chi connectivity index (χ1n) is 11.9. The molecule has 1 unspecified atom stereocenters. The number of benzene rings is 2. The average Bonchev–Trinajstić information content (AvgIpc) is 2.93. The molecular weight excluding hydrogens is 483 g/mol. The van der Waals surface area contributed by atoms with E-state index in [1.807, 2.05) is 31.2 Å². The Morgan fingerprint density at radius 2 is 1.84 bits per heavy atom. The third-order valence-corrected chi connectivity index (χ3v) is 6.31. The standard InChI is InChI=1S/C28H21FN8O/c1-16(34-26-25-22(9-4-11-31-25)35-28(30)36-26)23-13-17-5-2-8-21(18-10-12-32-33-15-18)24(17)27(38)37(23)20-7-3-6-19(29)14-20/h2-16H,1H3,(H3,30,34,35,36). The van der Waals surface area contributed by atoms with E-state index >= 15 is 0 Å². The number of nitrogens with zero attached hydrogens (tertiary/aromatic N) is 6. The van der Waals surface area contributed by atoms with Gasteiger partial charge in [-0.25, -0.2) is 9.37 Å². The van der Waals surface area contributed by atoms with Crippen LogP contribution in [0.15, 0.2) is 90.1 Å². The molecule has 3 N–H and O–H groups in total. The molecule has 0 aliphatic heterocycles. The van der Waals surface area contributed by atoms with Crippen LogP contribution in [0.25, 0.3) is 38.6 Å². The van der Waals surface area contributed by atoms with E-state index in [1.54, 1.807) is 48.9 Å². The number of hydrogen-bond acceptors (Lipinski definition) is 8. The van der Waals surface area contributed by atoms with Crippen molar-refractivity contribution in [2.24, 2.45) is 0 Å². The molecule has 10 heteroatoms. The van der Waals surface area contributed by atoms with E-state index in [-0.39, 0.29) is 11.5 Å². The van der Waals surface area contributed by atoms with Crippen LogP contribution in [0.3, 0.4) is 0 Å². The quantitative estimate of drug-likeness (QED) is 0.347. The summed E-state index contributed by atoms with van der Waals surface area (Å²) in [6, 6.07) is 18.4. The fourth-order valence-electron chi connectivity index (χ4n) is 4.64. The summed E-state index contributed by atoms with van der Waals surface area (Å²) in [6.45, 7) is 1.89. The van der Waals surface area contributed by atoms with Crippen LogP contribution in [0, 0.1) is 5.82 Å². The van der Waals surface area contributed by atoms with E-state index in [2.05, 4.69) is 30.5 Å². The molecule has 0 aliphatic carbocycles. The van der Waals surface area contributed by atoms with Crippen molar-refractivity contribution in [1.29, 1.82) is 0 Å². The molecule has 186 valence electrons. The molecule has 0 saturated carbocycles. The highest BCUT2D eigenvalue weighted by molar-refractivity contribution is 5.96. The fraction of sp³-hybridized carbons (Fsp3) is 0.0714. The van der Waals surface area contributed by atoms with Crippen molar-refractivity contribution < 1.29 is 4.39 Å². The third kappa shape index (κ3) is 4.07. The van der Waals surface area contributed by atoms with Crippen LogP contribution in [0.2, 0.25) is 0 Å². The van der Waals surface area contributed by atoms with Crippen molar-refractivity contribution >= 4 is 33.6 Å². The first kappa shape index (κ1) is 23.2. The first-order valence-corrected chi connectivity index (χ1v) is 11.9. The summed E-state index contributed by atoms with van der Waals surface area (Å²) >= 11 is 0. The highest BCUT2D eigenvalue weighted by Gasteiger charge is 2.20. The summed E-state index contributed by atoms with van der Waals surface area (Å²) in [5, 5.41) is 12.4. The maximum absolute atomic E-state index is 14.4. The lowest BCUT2D eigenvalue weighted by molar-refractivity contribution is 0.625. The predicted molar refractivity (Wildman–Crippen MR) is 144 cm³/mol. The van der Waals surface area contributed by atoms with Crippen LogP contribution in [-0.4, -0.2) is 29.7 Å². The van der Waals surface area contributed by atoms with Crippen molar-refractivity contribution in [1.82, 2.24) is 29.7 Å². The number of pyridine rings is 2. The second-order valence-corrected chi connectivity index (χ2v) is 8.76. The highest BCUT2D eigenvalue weighted by atomic mass is 19.1. The van der Waals surface area contributed by atoms with Gasteiger partial charge in [-0.3, -0.25) is 14.3 Å². The number of hydrogen-bond donors (Lipinski definition) is 2. The van der Waals surface area contributed by atoms with Crippen LogP contribution < -0.4 is 16.6 Å². The van der Waals surface area contributed by atoms with E-state index < -0.39 is 11.9 Å². The largest absolute Gasteiger partial charge is 0.368 e. The number of rotatable bonds is 5. The molecule has 38 heavy (non-hydrogen) atoms. The minimum absolute atomic E-state index is 0.0943. The lowest BCUT2D eigenvalue weighted by Crippen LogP contribution is -2.26. The SMILES string of the molecule is CC(Nc1nc(N)nc2cccnc12)c1cc2cccc(-c3ccnnc3)c2c(=O)n1-c1cccc(F)c1. The smallest absolute Gasteiger partial charge is 0.263 e. The monoisotopic (exact) mass is 504 g/mol. The average molecular weight is 505 g/mol. The van der Waals surface area contributed by atoms with Crippen molar-refractivity contribution in [3.8, 4) is 16.8 Å². The van der Waals surface area contributed by atoms with Gasteiger partial charge in [0.25, 0.3) is 5.56 Å². The minimum Gasteiger partial charge on any atom is -0.368 e. The Morgan fingerprint density at radius 1 is 0.974 bits per heavy atom. The number of halogens is 1. The molecule has 4 aromatic heterocycles. The van der Waals surface area contributed by atoms with Gasteiger partial charge >= 0.3 is 0 Å². The van der Waals surface area contributed by atoms with Crippen molar-refractivity contribution in [3.63, 3.8) is 0 Å². The molecule has 0 bridgehead atoms. The second kappa shape index (κ2) is 9.32. The maximum atomic E-state index is 14.4. The van der Waals surface area contributed by atoms with Gasteiger partial charge in [-0.15, -0.1) is 0 Å². The van der Waals surface area contributed by atoms with E-state index in [1.165, 1.54) is 16.7 Å². The van der Waals surface area contributed by atoms with Gasteiger partial charge in [0.2, 0.25) is 5.95 Å². The molecule has 4 heterocycles. The van der Waals surface area contributed by atoms with Gasteiger partial charge in [0.05, 0.1) is 35.0 Å². The van der Waals surface area contributed by atoms with E-state index in [0.717, 1.165) is 10.9 Å². The summed E-state index contributed by atoms with van der Waals surface area (Å²) in [5.74, 6) is 0.0684. The molecule has 1 atom stereocenters. The van der Waals surface area contributed by atoms with Gasteiger partial charge in [-0.2, -0.15) is 15.2 Å². The highest BCUT2D eigenvalue weighted by Crippen LogP contribution is 2.30. The van der Waals surface area contributed by atoms with E-state index in [0.29, 0.717) is 39.2 Å². The molecule has 6 rings (SSSR count). The topological polar surface area (TPSA) is 124 Å². The van der Waals surface area contributed by atoms with Gasteiger partial charge in [0, 0.05) is 17.5 Å². The molecule has 0 amide bonds. The zero-order valence-corrected chi connectivity index (χ0v) is 20.2. The Labute approximate surface area is 215 Å². The van der Waals surface area contributed by atoms with Gasteiger partial charge < -0.3 is 11.1 Å². The van der Waals surface area contributed by atoms with Crippen LogP contribution >= 0.6 is 0 Å². The van der Waals surface area contributed by atoms with Gasteiger partial charge in [-0.1, -0.05) is 24.3 Å². The second-order valence-electron chi connectivity index (χ2n) is 8.76. The lowest BCUT2D eigenvalue weighted by Gasteiger charge is -2.22.